The molecule has 0 aliphatic carbocycles. The molecule has 0 atom stereocenters. The molecule has 0 spiro atoms. The van der Waals surface area contributed by atoms with Crippen LogP contribution in [0.1, 0.15) is 25.7 Å². The fourth-order valence-corrected chi connectivity index (χ4v) is 9.79. The molecule has 7 aromatic heterocycles. The van der Waals surface area contributed by atoms with Crippen LogP contribution in [0.5, 0.6) is 40.6 Å². The van der Waals surface area contributed by atoms with Gasteiger partial charge in [0.05, 0.1) is 13.4 Å². The van der Waals surface area contributed by atoms with Gasteiger partial charge in [0.2, 0.25) is 17.6 Å². The normalized spacial score (nSPS) is 11.1. The van der Waals surface area contributed by atoms with E-state index in [1.807, 2.05) is 164 Å². The van der Waals surface area contributed by atoms with Crippen LogP contribution in [0.3, 0.4) is 0 Å². The summed E-state index contributed by atoms with van der Waals surface area (Å²) < 4.78 is 41.7. The molecule has 7 aromatic carbocycles. The number of pyridine rings is 4. The van der Waals surface area contributed by atoms with E-state index in [9.17, 15) is 0 Å². The molecule has 0 radical (unpaired) electrons. The first-order valence-corrected chi connectivity index (χ1v) is 32.5. The maximum Gasteiger partial charge on any atom is 1.00 e. The van der Waals surface area contributed by atoms with Gasteiger partial charge in [0, 0.05) is 66.3 Å². The third-order valence-corrected chi connectivity index (χ3v) is 15.7. The topological polar surface area (TPSA) is 312 Å². The number of nitrogens with one attached hydrogen (secondary N) is 2. The Morgan fingerprint density at radius 2 is 0.870 bits per heavy atom. The van der Waals surface area contributed by atoms with Gasteiger partial charge >= 0.3 is 138 Å². The second-order valence-electron chi connectivity index (χ2n) is 20.0. The fraction of sp³-hybridized carbons (Fsp3) is 0.0704. The van der Waals surface area contributed by atoms with E-state index in [1.54, 1.807) is 73.3 Å². The van der Waals surface area contributed by atoms with Gasteiger partial charge in [0.15, 0.2) is 16.7 Å². The van der Waals surface area contributed by atoms with Crippen LogP contribution in [0.4, 0.5) is 34.8 Å². The van der Waals surface area contributed by atoms with Crippen molar-refractivity contribution in [2.24, 2.45) is 0 Å². The third-order valence-electron chi connectivity index (χ3n) is 13.1. The van der Waals surface area contributed by atoms with Crippen LogP contribution in [0.15, 0.2) is 270 Å². The number of para-hydroxylation sites is 6. The van der Waals surface area contributed by atoms with E-state index in [-0.39, 0.29) is 157 Å². The summed E-state index contributed by atoms with van der Waals surface area (Å²) >= 11 is 21.0. The van der Waals surface area contributed by atoms with Crippen molar-refractivity contribution in [1.82, 2.24) is 34.9 Å². The number of aromatic nitrogens is 7. The van der Waals surface area contributed by atoms with Crippen LogP contribution in [0, 0.1) is 0 Å². The molecule has 1 aliphatic heterocycles. The minimum Gasteiger partial charge on any atom is -1.00 e. The summed E-state index contributed by atoms with van der Waals surface area (Å²) in [7, 11) is 0. The standard InChI is InChI=1S/C23H21N3O3.C18H12BrN3O2.C11H9BrN2O.C7H4ClNO.C6H7NO.C5H3BrClN.CH2O3.2Cs.H/c1-2-6-21-20(5-1)26-23(29-21)25-17-7-9-18(10-8-17)28-22-19(4-3-13-24-22)16-11-14-27-15-12-16;19-14-4-3-11-20-17(14)23-13-9-7-12(8-10-13)21-18-22-15-5-1-2-6-16(15)24-18;12-10-2-1-7-14-11(10)15-9-5-3-8(13)4-6-9;8-7-9-5-3-1-2-4-6(5)10-7;7-5-1-3-6(8)4-2-5;6-4-2-1-3-8-5(4)7;2-1-4-3;;;/h1-10,13,16H,11-12,14-15H2,(H,25,26);1-11H,(H,21,22);1-7H,13H2;1-4H;1-4,8H,7H2;1-3H;1,3H;;;/q;;;;;;;2*+1;-1/p-1. The molecule has 14 aromatic rings. The summed E-state index contributed by atoms with van der Waals surface area (Å²) in [5.41, 5.74) is 19.8. The number of nitrogen functional groups attached to an aromatic ring is 2. The maximum absolute atomic E-state index is 8.70. The molecule has 0 saturated carbocycles. The van der Waals surface area contributed by atoms with E-state index in [2.05, 4.69) is 104 Å². The van der Waals surface area contributed by atoms with Crippen molar-refractivity contribution in [3.63, 3.8) is 0 Å². The summed E-state index contributed by atoms with van der Waals surface area (Å²) in [5.74, 6) is 4.55. The summed E-state index contributed by atoms with van der Waals surface area (Å²) in [6.07, 6.45) is 8.76. The maximum atomic E-state index is 8.70. The summed E-state index contributed by atoms with van der Waals surface area (Å²) in [5, 5.41) is 24.2. The molecule has 500 valence electrons. The Hall–Kier alpha value is -6.54. The Bertz CT molecular complexity index is 4630. The minimum atomic E-state index is -0.181. The number of hydrogen-bond donors (Lipinski definition) is 5. The Labute approximate surface area is 728 Å². The molecular formula is C71H58Br3Cl2Cs2N11O11. The number of ether oxygens (including phenoxy) is 4. The molecule has 100 heavy (non-hydrogen) atoms. The number of phenolic OH excluding ortho intramolecular Hbond substituents is 1. The van der Waals surface area contributed by atoms with Gasteiger partial charge in [-0.3, -0.25) is 4.79 Å². The molecule has 0 amide bonds. The van der Waals surface area contributed by atoms with Crippen molar-refractivity contribution in [3.8, 4) is 40.6 Å². The summed E-state index contributed by atoms with van der Waals surface area (Å²) in [6, 6.07) is 67.6. The van der Waals surface area contributed by atoms with E-state index in [0.29, 0.717) is 63.6 Å². The number of aromatic hydroxyl groups is 1. The molecular weight excluding hydrogens is 1760 g/mol. The predicted molar refractivity (Wildman–Crippen MR) is 386 cm³/mol. The number of hydrogen-bond acceptors (Lipinski definition) is 22. The second kappa shape index (κ2) is 43.4. The number of oxazole rings is 3. The molecule has 29 heteroatoms. The molecule has 15 rings (SSSR count). The van der Waals surface area contributed by atoms with Crippen LogP contribution < -0.4 is 179 Å². The van der Waals surface area contributed by atoms with E-state index < -0.39 is 0 Å². The van der Waals surface area contributed by atoms with Crippen molar-refractivity contribution in [2.45, 2.75) is 18.8 Å². The zero-order chi connectivity index (χ0) is 68.9. The number of nitrogens with two attached hydrogens (primary N) is 2. The number of carbonyl (C=O) groups is 1. The van der Waals surface area contributed by atoms with Crippen molar-refractivity contribution in [1.29, 1.82) is 0 Å². The Morgan fingerprint density at radius 1 is 0.490 bits per heavy atom. The largest absolute Gasteiger partial charge is 1.00 e. The summed E-state index contributed by atoms with van der Waals surface area (Å²) in [4.78, 5) is 40.5. The number of halogens is 5. The number of nitrogens with zero attached hydrogens (tertiary/aromatic N) is 7. The Morgan fingerprint density at radius 3 is 1.27 bits per heavy atom. The number of carbonyl (C=O) groups excluding carboxylic acids is 1. The van der Waals surface area contributed by atoms with E-state index >= 15 is 0 Å². The molecule has 0 bridgehead atoms. The van der Waals surface area contributed by atoms with Crippen molar-refractivity contribution in [3.05, 3.63) is 273 Å². The van der Waals surface area contributed by atoms with Gasteiger partial charge in [-0.25, -0.2) is 19.9 Å². The Balaban J connectivity index is 0.000000200. The molecule has 1 aliphatic rings. The van der Waals surface area contributed by atoms with Crippen LogP contribution in [0.25, 0.3) is 33.3 Å². The first kappa shape index (κ1) is 80.8. The second-order valence-corrected chi connectivity index (χ2v) is 23.3. The van der Waals surface area contributed by atoms with E-state index in [4.69, 9.17) is 82.0 Å². The van der Waals surface area contributed by atoms with Crippen molar-refractivity contribution < 1.29 is 191 Å². The third kappa shape index (κ3) is 26.7. The van der Waals surface area contributed by atoms with Gasteiger partial charge in [0.1, 0.15) is 44.7 Å². The van der Waals surface area contributed by atoms with E-state index in [0.717, 1.165) is 95.5 Å². The first-order chi connectivity index (χ1) is 47.7. The molecule has 1 fully saturated rings. The van der Waals surface area contributed by atoms with Gasteiger partial charge < -0.3 is 71.0 Å². The van der Waals surface area contributed by atoms with Gasteiger partial charge in [-0.2, -0.15) is 15.0 Å². The molecule has 0 unspecified atom stereocenters. The number of phenols is 1. The van der Waals surface area contributed by atoms with Crippen molar-refractivity contribution >= 4 is 146 Å². The molecule has 22 nitrogen and oxygen atoms in total. The SMILES string of the molecule is Brc1cccnc1Oc1ccc(Nc2nc3ccccc3o2)cc1.Clc1nc2ccccc2o1.Clc1ncccc1Br.Nc1ccc(O)cc1.Nc1ccc(Oc2ncccc2Br)cc1.O=CO[O-].[Cs+].[Cs+].[H-].c1cnc(Oc2ccc(Nc3nc4ccccc4o3)cc2)c(C2CCOCC2)c1. The number of rotatable bonds is 12. The van der Waals surface area contributed by atoms with Crippen LogP contribution in [0.2, 0.25) is 10.5 Å². The van der Waals surface area contributed by atoms with Gasteiger partial charge in [-0.05, 0) is 254 Å². The molecule has 1 saturated heterocycles. The van der Waals surface area contributed by atoms with E-state index in [1.165, 1.54) is 0 Å². The van der Waals surface area contributed by atoms with Gasteiger partial charge in [0.25, 0.3) is 23.9 Å². The summed E-state index contributed by atoms with van der Waals surface area (Å²) in [6.45, 7) is 1.39. The smallest absolute Gasteiger partial charge is 1.00 e. The number of fused-ring (bicyclic) bond motifs is 3. The quantitative estimate of drug-likeness (QED) is 0.0189. The predicted octanol–water partition coefficient (Wildman–Crippen LogP) is 12.9. The van der Waals surface area contributed by atoms with Crippen LogP contribution >= 0.6 is 71.0 Å². The van der Waals surface area contributed by atoms with Crippen molar-refractivity contribution in [2.75, 3.05) is 35.3 Å². The fourth-order valence-electron chi connectivity index (χ4n) is 8.57. The zero-order valence-electron chi connectivity index (χ0n) is 54.3. The first-order valence-electron chi connectivity index (χ1n) is 29.4. The Kier molecular flexibility index (Phi) is 35.1. The molecule has 8 heterocycles. The number of anilines is 6. The monoisotopic (exact) mass is 1810 g/mol. The zero-order valence-corrected chi connectivity index (χ0v) is 72.1. The average Bonchev–Trinajstić information content (AvgIpc) is 1.82. The minimum absolute atomic E-state index is 0. The number of benzene rings is 7. The average molecular weight is 1820 g/mol. The van der Waals surface area contributed by atoms with Gasteiger partial charge in [-0.15, -0.1) is 0 Å². The molecule has 7 N–H and O–H groups in total. The van der Waals surface area contributed by atoms with Crippen LogP contribution in [-0.4, -0.2) is 59.7 Å². The van der Waals surface area contributed by atoms with Crippen LogP contribution in [-0.2, 0) is 14.4 Å². The van der Waals surface area contributed by atoms with Gasteiger partial charge in [-0.1, -0.05) is 54.1 Å².